The predicted octanol–water partition coefficient (Wildman–Crippen LogP) is 3.45. The molecule has 0 aliphatic carbocycles. The summed E-state index contributed by atoms with van der Waals surface area (Å²) < 4.78 is 2.04. The molecule has 2 heterocycles. The highest BCUT2D eigenvalue weighted by atomic mass is 32.1. The molecule has 0 aliphatic rings. The van der Waals surface area contributed by atoms with Crippen molar-refractivity contribution in [1.29, 1.82) is 0 Å². The minimum Gasteiger partial charge on any atom is -0.390 e. The van der Waals surface area contributed by atoms with Crippen LogP contribution in [0.25, 0.3) is 17.1 Å². The summed E-state index contributed by atoms with van der Waals surface area (Å²) in [5.74, 6) is 1.66. The maximum Gasteiger partial charge on any atom is 0.171 e. The van der Waals surface area contributed by atoms with Gasteiger partial charge < -0.3 is 5.73 Å². The molecule has 4 nitrogen and oxygen atoms in total. The second kappa shape index (κ2) is 5.09. The molecule has 2 N–H and O–H groups in total. The van der Waals surface area contributed by atoms with Crippen LogP contribution in [0.2, 0.25) is 0 Å². The molecule has 0 bridgehead atoms. The maximum absolute atomic E-state index is 6.14. The molecule has 0 saturated carbocycles. The van der Waals surface area contributed by atoms with Gasteiger partial charge in [-0.15, -0.1) is 21.5 Å². The van der Waals surface area contributed by atoms with Gasteiger partial charge in [-0.25, -0.2) is 0 Å². The van der Waals surface area contributed by atoms with E-state index in [1.54, 1.807) is 11.3 Å². The Morgan fingerprint density at radius 2 is 1.95 bits per heavy atom. The van der Waals surface area contributed by atoms with Gasteiger partial charge in [0, 0.05) is 10.6 Å². The first kappa shape index (κ1) is 12.9. The first-order chi connectivity index (χ1) is 9.70. The zero-order chi connectivity index (χ0) is 14.1. The number of thiophene rings is 1. The monoisotopic (exact) mass is 284 g/mol. The van der Waals surface area contributed by atoms with Gasteiger partial charge in [0.2, 0.25) is 0 Å². The van der Waals surface area contributed by atoms with Crippen LogP contribution < -0.4 is 5.73 Å². The Labute approximate surface area is 121 Å². The lowest BCUT2D eigenvalue weighted by Gasteiger charge is -2.07. The molecule has 3 aromatic rings. The second-order valence-corrected chi connectivity index (χ2v) is 5.75. The molecule has 0 aliphatic heterocycles. The van der Waals surface area contributed by atoms with Gasteiger partial charge in [-0.05, 0) is 31.5 Å². The molecule has 5 heteroatoms. The van der Waals surface area contributed by atoms with Crippen LogP contribution in [0.15, 0.2) is 36.4 Å². The van der Waals surface area contributed by atoms with Crippen molar-refractivity contribution in [3.63, 3.8) is 0 Å². The van der Waals surface area contributed by atoms with E-state index in [2.05, 4.69) is 23.2 Å². The van der Waals surface area contributed by atoms with E-state index in [9.17, 15) is 0 Å². The average Bonchev–Trinajstić information content (AvgIpc) is 3.02. The minimum atomic E-state index is 0.798. The van der Waals surface area contributed by atoms with E-state index < -0.39 is 0 Å². The summed E-state index contributed by atoms with van der Waals surface area (Å²) >= 11 is 1.62. The van der Waals surface area contributed by atoms with Crippen LogP contribution >= 0.6 is 11.3 Å². The van der Waals surface area contributed by atoms with Crippen LogP contribution in [0.3, 0.4) is 0 Å². The molecular formula is C15H16N4S. The lowest BCUT2D eigenvalue weighted by Crippen LogP contribution is -2.00. The Morgan fingerprint density at radius 1 is 1.20 bits per heavy atom. The van der Waals surface area contributed by atoms with Crippen LogP contribution in [0.1, 0.15) is 17.6 Å². The number of rotatable bonds is 3. The van der Waals surface area contributed by atoms with Gasteiger partial charge in [0.25, 0.3) is 0 Å². The lowest BCUT2D eigenvalue weighted by atomic mass is 10.2. The Hall–Kier alpha value is -2.14. The fraction of sp³-hybridized carbons (Fsp3) is 0.200. The van der Waals surface area contributed by atoms with Crippen LogP contribution in [-0.2, 0) is 6.42 Å². The van der Waals surface area contributed by atoms with Crippen molar-refractivity contribution in [2.24, 2.45) is 0 Å². The summed E-state index contributed by atoms with van der Waals surface area (Å²) in [6.45, 7) is 4.08. The minimum absolute atomic E-state index is 0.798. The predicted molar refractivity (Wildman–Crippen MR) is 83.2 cm³/mol. The number of nitrogen functional groups attached to an aromatic ring is 1. The van der Waals surface area contributed by atoms with E-state index in [1.807, 2.05) is 41.8 Å². The molecule has 102 valence electrons. The van der Waals surface area contributed by atoms with Gasteiger partial charge in [-0.3, -0.25) is 4.57 Å². The van der Waals surface area contributed by atoms with E-state index in [4.69, 9.17) is 5.73 Å². The van der Waals surface area contributed by atoms with Gasteiger partial charge >= 0.3 is 0 Å². The molecular weight excluding hydrogens is 268 g/mol. The van der Waals surface area contributed by atoms with Crippen LogP contribution in [0.5, 0.6) is 0 Å². The number of nitrogens with zero attached hydrogens (tertiary/aromatic N) is 3. The van der Waals surface area contributed by atoms with E-state index in [0.29, 0.717) is 0 Å². The third-order valence-electron chi connectivity index (χ3n) is 3.24. The van der Waals surface area contributed by atoms with Gasteiger partial charge in [-0.2, -0.15) is 0 Å². The summed E-state index contributed by atoms with van der Waals surface area (Å²) in [5, 5.41) is 9.32. The zero-order valence-corrected chi connectivity index (χ0v) is 12.3. The first-order valence-electron chi connectivity index (χ1n) is 6.56. The zero-order valence-electron chi connectivity index (χ0n) is 11.5. The molecule has 3 rings (SSSR count). The van der Waals surface area contributed by atoms with Gasteiger partial charge in [0.15, 0.2) is 5.82 Å². The van der Waals surface area contributed by atoms with E-state index in [-0.39, 0.29) is 0 Å². The molecule has 0 spiro atoms. The number of para-hydroxylation sites is 1. The van der Waals surface area contributed by atoms with Crippen molar-refractivity contribution in [3.8, 4) is 17.1 Å². The Balaban J connectivity index is 2.18. The molecule has 1 aromatic carbocycles. The van der Waals surface area contributed by atoms with Crippen molar-refractivity contribution in [3.05, 3.63) is 47.1 Å². The molecule has 0 amide bonds. The molecule has 0 atom stereocenters. The topological polar surface area (TPSA) is 56.7 Å². The number of hydrogen-bond donors (Lipinski definition) is 1. The SMILES string of the molecule is CCc1cc(-c2nnc(C)n2-c2ccccc2)c(N)s1. The fourth-order valence-electron chi connectivity index (χ4n) is 2.23. The van der Waals surface area contributed by atoms with Gasteiger partial charge in [-0.1, -0.05) is 25.1 Å². The van der Waals surface area contributed by atoms with Crippen LogP contribution in [0.4, 0.5) is 5.00 Å². The van der Waals surface area contributed by atoms with E-state index in [0.717, 1.165) is 34.3 Å². The van der Waals surface area contributed by atoms with Gasteiger partial charge in [0.05, 0.1) is 10.6 Å². The van der Waals surface area contributed by atoms with Crippen molar-refractivity contribution < 1.29 is 0 Å². The number of aromatic nitrogens is 3. The fourth-order valence-corrected chi connectivity index (χ4v) is 3.09. The van der Waals surface area contributed by atoms with Crippen molar-refractivity contribution in [2.75, 3.05) is 5.73 Å². The smallest absolute Gasteiger partial charge is 0.171 e. The molecule has 20 heavy (non-hydrogen) atoms. The van der Waals surface area contributed by atoms with Crippen molar-refractivity contribution in [1.82, 2.24) is 14.8 Å². The molecule has 0 unspecified atom stereocenters. The lowest BCUT2D eigenvalue weighted by molar-refractivity contribution is 0.972. The standard InChI is InChI=1S/C15H16N4S/c1-3-12-9-13(14(16)20-12)15-18-17-10(2)19(15)11-7-5-4-6-8-11/h4-9H,3,16H2,1-2H3. The number of hydrogen-bond acceptors (Lipinski definition) is 4. The molecule has 2 aromatic heterocycles. The Kier molecular flexibility index (Phi) is 3.28. The van der Waals surface area contributed by atoms with Crippen LogP contribution in [0, 0.1) is 6.92 Å². The van der Waals surface area contributed by atoms with Crippen LogP contribution in [-0.4, -0.2) is 14.8 Å². The highest BCUT2D eigenvalue weighted by molar-refractivity contribution is 7.16. The second-order valence-electron chi connectivity index (χ2n) is 4.59. The number of benzene rings is 1. The Bertz CT molecular complexity index is 728. The maximum atomic E-state index is 6.14. The van der Waals surface area contributed by atoms with Crippen molar-refractivity contribution >= 4 is 16.3 Å². The van der Waals surface area contributed by atoms with Gasteiger partial charge in [0.1, 0.15) is 5.82 Å². The normalized spacial score (nSPS) is 10.9. The highest BCUT2D eigenvalue weighted by Crippen LogP contribution is 2.34. The molecule has 0 radical (unpaired) electrons. The third kappa shape index (κ3) is 2.10. The average molecular weight is 284 g/mol. The highest BCUT2D eigenvalue weighted by Gasteiger charge is 2.17. The van der Waals surface area contributed by atoms with Crippen molar-refractivity contribution in [2.45, 2.75) is 20.3 Å². The Morgan fingerprint density at radius 3 is 2.60 bits per heavy atom. The van der Waals surface area contributed by atoms with E-state index >= 15 is 0 Å². The summed E-state index contributed by atoms with van der Waals surface area (Å²) in [6.07, 6.45) is 0.979. The molecule has 0 fully saturated rings. The number of aryl methyl sites for hydroxylation is 2. The summed E-state index contributed by atoms with van der Waals surface area (Å²) in [5.41, 5.74) is 8.16. The number of anilines is 1. The summed E-state index contributed by atoms with van der Waals surface area (Å²) in [4.78, 5) is 1.26. The summed E-state index contributed by atoms with van der Waals surface area (Å²) in [6, 6.07) is 12.2. The largest absolute Gasteiger partial charge is 0.390 e. The summed E-state index contributed by atoms with van der Waals surface area (Å²) in [7, 11) is 0. The number of nitrogens with two attached hydrogens (primary N) is 1. The van der Waals surface area contributed by atoms with E-state index in [1.165, 1.54) is 4.88 Å². The quantitative estimate of drug-likeness (QED) is 0.801. The first-order valence-corrected chi connectivity index (χ1v) is 7.38. The molecule has 0 saturated heterocycles. The third-order valence-corrected chi connectivity index (χ3v) is 4.35.